The van der Waals surface area contributed by atoms with Crippen LogP contribution in [0.3, 0.4) is 0 Å². The molecule has 35 heavy (non-hydrogen) atoms. The highest BCUT2D eigenvalue weighted by atomic mass is 16.5. The number of hydrogen-bond donors (Lipinski definition) is 1. The van der Waals surface area contributed by atoms with Crippen LogP contribution < -0.4 is 19.5 Å². The van der Waals surface area contributed by atoms with Crippen molar-refractivity contribution < 1.29 is 23.4 Å². The number of aryl methyl sites for hydroxylation is 2. The van der Waals surface area contributed by atoms with Gasteiger partial charge in [-0.15, -0.1) is 0 Å². The van der Waals surface area contributed by atoms with Gasteiger partial charge in [-0.2, -0.15) is 5.10 Å². The summed E-state index contributed by atoms with van der Waals surface area (Å²) in [5, 5.41) is 7.54. The maximum Gasteiger partial charge on any atom is 0.291 e. The topological polar surface area (TPSA) is 87.8 Å². The van der Waals surface area contributed by atoms with Crippen LogP contribution in [-0.2, 0) is 13.2 Å². The van der Waals surface area contributed by atoms with Crippen molar-refractivity contribution in [2.75, 3.05) is 19.5 Å². The van der Waals surface area contributed by atoms with Crippen molar-refractivity contribution in [3.8, 4) is 17.2 Å². The average Bonchev–Trinajstić information content (AvgIpc) is 3.44. The summed E-state index contributed by atoms with van der Waals surface area (Å²) in [4.78, 5) is 12.9. The van der Waals surface area contributed by atoms with E-state index in [1.165, 1.54) is 0 Å². The SMILES string of the molecule is COc1ccc(Cn2nc(C)c(NC(=O)c3ccc(COc4ccccc4C)o3)c2C)cc1OC. The number of para-hydroxylation sites is 1. The highest BCUT2D eigenvalue weighted by Gasteiger charge is 2.18. The van der Waals surface area contributed by atoms with Crippen LogP contribution in [0.5, 0.6) is 17.2 Å². The zero-order chi connectivity index (χ0) is 24.9. The lowest BCUT2D eigenvalue weighted by Gasteiger charge is -2.11. The maximum atomic E-state index is 12.9. The van der Waals surface area contributed by atoms with Crippen molar-refractivity contribution in [3.63, 3.8) is 0 Å². The second kappa shape index (κ2) is 10.4. The Balaban J connectivity index is 1.43. The Morgan fingerprint density at radius 3 is 2.49 bits per heavy atom. The van der Waals surface area contributed by atoms with Crippen LogP contribution in [0.2, 0.25) is 0 Å². The zero-order valence-electron chi connectivity index (χ0n) is 20.5. The van der Waals surface area contributed by atoms with Gasteiger partial charge in [0.15, 0.2) is 17.3 Å². The molecule has 8 nitrogen and oxygen atoms in total. The molecule has 0 bridgehead atoms. The van der Waals surface area contributed by atoms with Gasteiger partial charge < -0.3 is 23.9 Å². The van der Waals surface area contributed by atoms with E-state index in [1.807, 2.05) is 67.9 Å². The summed E-state index contributed by atoms with van der Waals surface area (Å²) in [6, 6.07) is 16.9. The molecule has 182 valence electrons. The van der Waals surface area contributed by atoms with Gasteiger partial charge in [-0.3, -0.25) is 9.48 Å². The van der Waals surface area contributed by atoms with Gasteiger partial charge in [0.05, 0.1) is 37.8 Å². The quantitative estimate of drug-likeness (QED) is 0.354. The van der Waals surface area contributed by atoms with Crippen LogP contribution in [-0.4, -0.2) is 29.9 Å². The molecule has 2 aromatic carbocycles. The number of ether oxygens (including phenoxy) is 3. The maximum absolute atomic E-state index is 12.9. The Bertz CT molecular complexity index is 1340. The molecule has 0 radical (unpaired) electrons. The predicted molar refractivity (Wildman–Crippen MR) is 133 cm³/mol. The summed E-state index contributed by atoms with van der Waals surface area (Å²) in [6.45, 7) is 6.51. The molecule has 8 heteroatoms. The van der Waals surface area contributed by atoms with E-state index in [4.69, 9.17) is 18.6 Å². The molecule has 2 heterocycles. The van der Waals surface area contributed by atoms with Crippen LogP contribution >= 0.6 is 0 Å². The van der Waals surface area contributed by atoms with Crippen molar-refractivity contribution in [1.29, 1.82) is 0 Å². The summed E-state index contributed by atoms with van der Waals surface area (Å²) >= 11 is 0. The van der Waals surface area contributed by atoms with E-state index < -0.39 is 0 Å². The predicted octanol–water partition coefficient (Wildman–Crippen LogP) is 5.30. The molecule has 2 aromatic heterocycles. The highest BCUT2D eigenvalue weighted by Crippen LogP contribution is 2.29. The number of carbonyl (C=O) groups is 1. The van der Waals surface area contributed by atoms with E-state index in [2.05, 4.69) is 10.4 Å². The Morgan fingerprint density at radius 1 is 0.971 bits per heavy atom. The molecule has 0 saturated heterocycles. The van der Waals surface area contributed by atoms with Crippen LogP contribution in [0.15, 0.2) is 59.0 Å². The van der Waals surface area contributed by atoms with Crippen molar-refractivity contribution >= 4 is 11.6 Å². The molecule has 0 atom stereocenters. The number of anilines is 1. The van der Waals surface area contributed by atoms with Gasteiger partial charge in [0, 0.05) is 0 Å². The Morgan fingerprint density at radius 2 is 1.74 bits per heavy atom. The average molecular weight is 476 g/mol. The lowest BCUT2D eigenvalue weighted by Crippen LogP contribution is -2.12. The second-order valence-corrected chi connectivity index (χ2v) is 8.17. The summed E-state index contributed by atoms with van der Waals surface area (Å²) < 4.78 is 24.1. The smallest absolute Gasteiger partial charge is 0.291 e. The molecule has 0 aliphatic rings. The summed E-state index contributed by atoms with van der Waals surface area (Å²) in [5.41, 5.74) is 4.24. The lowest BCUT2D eigenvalue weighted by molar-refractivity contribution is 0.0992. The van der Waals surface area contributed by atoms with E-state index in [1.54, 1.807) is 26.4 Å². The third kappa shape index (κ3) is 5.32. The number of nitrogens with zero attached hydrogens (tertiary/aromatic N) is 2. The first-order chi connectivity index (χ1) is 16.9. The first-order valence-electron chi connectivity index (χ1n) is 11.2. The van der Waals surface area contributed by atoms with Crippen LogP contribution in [0.4, 0.5) is 5.69 Å². The number of hydrogen-bond acceptors (Lipinski definition) is 6. The summed E-state index contributed by atoms with van der Waals surface area (Å²) in [7, 11) is 3.21. The number of amides is 1. The van der Waals surface area contributed by atoms with Crippen molar-refractivity contribution in [3.05, 3.63) is 88.6 Å². The largest absolute Gasteiger partial charge is 0.493 e. The van der Waals surface area contributed by atoms with Gasteiger partial charge in [0.25, 0.3) is 5.91 Å². The summed E-state index contributed by atoms with van der Waals surface area (Å²) in [5.74, 6) is 2.53. The van der Waals surface area contributed by atoms with Crippen molar-refractivity contribution in [2.45, 2.75) is 33.9 Å². The van der Waals surface area contributed by atoms with E-state index in [9.17, 15) is 4.79 Å². The number of rotatable bonds is 9. The van der Waals surface area contributed by atoms with E-state index in [0.29, 0.717) is 35.2 Å². The van der Waals surface area contributed by atoms with Gasteiger partial charge in [-0.1, -0.05) is 24.3 Å². The van der Waals surface area contributed by atoms with Crippen LogP contribution in [0, 0.1) is 20.8 Å². The standard InChI is InChI=1S/C27H29N3O5/c1-17-8-6-7-9-22(17)34-16-21-11-13-24(35-21)27(31)28-26-18(2)29-30(19(26)3)15-20-10-12-23(32-4)25(14-20)33-5/h6-14H,15-16H2,1-5H3,(H,28,31). The molecule has 0 spiro atoms. The minimum Gasteiger partial charge on any atom is -0.493 e. The van der Waals surface area contributed by atoms with Gasteiger partial charge in [-0.05, 0) is 62.2 Å². The minimum atomic E-state index is -0.344. The molecule has 0 unspecified atom stereocenters. The van der Waals surface area contributed by atoms with Gasteiger partial charge in [-0.25, -0.2) is 0 Å². The van der Waals surface area contributed by atoms with Crippen molar-refractivity contribution in [2.24, 2.45) is 0 Å². The third-order valence-electron chi connectivity index (χ3n) is 5.75. The Labute approximate surface area is 204 Å². The van der Waals surface area contributed by atoms with E-state index in [0.717, 1.165) is 22.6 Å². The molecule has 0 fully saturated rings. The fraction of sp³-hybridized carbons (Fsp3) is 0.259. The fourth-order valence-electron chi connectivity index (χ4n) is 3.80. The fourth-order valence-corrected chi connectivity index (χ4v) is 3.80. The number of nitrogens with one attached hydrogen (secondary N) is 1. The molecule has 4 rings (SSSR count). The molecule has 1 N–H and O–H groups in total. The molecule has 0 saturated carbocycles. The molecule has 1 amide bonds. The van der Waals surface area contributed by atoms with Gasteiger partial charge in [0.2, 0.25) is 0 Å². The highest BCUT2D eigenvalue weighted by molar-refractivity contribution is 6.02. The van der Waals surface area contributed by atoms with Crippen LogP contribution in [0.1, 0.15) is 38.8 Å². The van der Waals surface area contributed by atoms with Gasteiger partial charge in [0.1, 0.15) is 18.1 Å². The number of furan rings is 1. The summed E-state index contributed by atoms with van der Waals surface area (Å²) in [6.07, 6.45) is 0. The van der Waals surface area contributed by atoms with E-state index in [-0.39, 0.29) is 18.3 Å². The minimum absolute atomic E-state index is 0.208. The number of methoxy groups -OCH3 is 2. The molecular weight excluding hydrogens is 446 g/mol. The number of carbonyl (C=O) groups excluding carboxylic acids is 1. The molecular formula is C27H29N3O5. The Kier molecular flexibility index (Phi) is 7.10. The number of benzene rings is 2. The lowest BCUT2D eigenvalue weighted by atomic mass is 10.2. The van der Waals surface area contributed by atoms with Gasteiger partial charge >= 0.3 is 0 Å². The monoisotopic (exact) mass is 475 g/mol. The first-order valence-corrected chi connectivity index (χ1v) is 11.2. The van der Waals surface area contributed by atoms with Crippen LogP contribution in [0.25, 0.3) is 0 Å². The number of aromatic nitrogens is 2. The van der Waals surface area contributed by atoms with Crippen molar-refractivity contribution in [1.82, 2.24) is 9.78 Å². The third-order valence-corrected chi connectivity index (χ3v) is 5.75. The molecule has 4 aromatic rings. The first kappa shape index (κ1) is 23.9. The Hall–Kier alpha value is -4.20. The molecule has 0 aliphatic heterocycles. The second-order valence-electron chi connectivity index (χ2n) is 8.17. The zero-order valence-corrected chi connectivity index (χ0v) is 20.5. The normalized spacial score (nSPS) is 10.8. The molecule has 0 aliphatic carbocycles. The van der Waals surface area contributed by atoms with E-state index >= 15 is 0 Å².